The second kappa shape index (κ2) is 9.85. The Morgan fingerprint density at radius 1 is 1.03 bits per heavy atom. The van der Waals surface area contributed by atoms with Crippen LogP contribution in [0.15, 0.2) is 35.2 Å². The molecule has 0 spiro atoms. The van der Waals surface area contributed by atoms with Gasteiger partial charge in [-0.15, -0.1) is 11.3 Å². The average molecular weight is 449 g/mol. The third kappa shape index (κ3) is 5.56. The van der Waals surface area contributed by atoms with Crippen LogP contribution in [-0.2, 0) is 21.4 Å². The van der Waals surface area contributed by atoms with Gasteiger partial charge in [0.25, 0.3) is 0 Å². The van der Waals surface area contributed by atoms with E-state index in [1.807, 2.05) is 19.9 Å². The number of ketones is 1. The standard InChI is InChI=1S/C22H28N2O4S2/c1-16-14-20(17(2)29-16)21(25)10-11-22(26)23-15-18-6-8-19(9-7-18)30(27,28)24-12-4-3-5-13-24/h6-9,14H,3-5,10-13,15H2,1-2H3,(H,23,26). The molecule has 0 bridgehead atoms. The van der Waals surface area contributed by atoms with Gasteiger partial charge in [-0.1, -0.05) is 18.6 Å². The lowest BCUT2D eigenvalue weighted by molar-refractivity contribution is -0.121. The number of piperidine rings is 1. The van der Waals surface area contributed by atoms with Crippen molar-refractivity contribution in [3.63, 3.8) is 0 Å². The lowest BCUT2D eigenvalue weighted by Gasteiger charge is -2.25. The summed E-state index contributed by atoms with van der Waals surface area (Å²) in [5, 5.41) is 2.80. The Bertz CT molecular complexity index is 1000. The number of nitrogens with one attached hydrogen (secondary N) is 1. The lowest BCUT2D eigenvalue weighted by atomic mass is 10.1. The zero-order valence-electron chi connectivity index (χ0n) is 17.4. The van der Waals surface area contributed by atoms with Gasteiger partial charge < -0.3 is 5.32 Å². The molecule has 1 N–H and O–H groups in total. The van der Waals surface area contributed by atoms with Gasteiger partial charge in [0, 0.05) is 47.8 Å². The Labute approximate surface area is 182 Å². The van der Waals surface area contributed by atoms with Gasteiger partial charge in [-0.3, -0.25) is 9.59 Å². The van der Waals surface area contributed by atoms with Crippen molar-refractivity contribution in [1.82, 2.24) is 9.62 Å². The molecule has 6 nitrogen and oxygen atoms in total. The second-order valence-corrected chi connectivity index (χ2v) is 11.0. The molecule has 2 aromatic rings. The number of sulfonamides is 1. The van der Waals surface area contributed by atoms with Gasteiger partial charge in [0.05, 0.1) is 4.90 Å². The van der Waals surface area contributed by atoms with E-state index in [0.717, 1.165) is 34.6 Å². The third-order valence-corrected chi connectivity index (χ3v) is 8.17. The van der Waals surface area contributed by atoms with E-state index in [2.05, 4.69) is 5.32 Å². The number of hydrogen-bond donors (Lipinski definition) is 1. The molecule has 0 unspecified atom stereocenters. The SMILES string of the molecule is Cc1cc(C(=O)CCC(=O)NCc2ccc(S(=O)(=O)N3CCCCC3)cc2)c(C)s1. The van der Waals surface area contributed by atoms with E-state index < -0.39 is 10.0 Å². The second-order valence-electron chi connectivity index (χ2n) is 7.64. The van der Waals surface area contributed by atoms with Gasteiger partial charge in [0.2, 0.25) is 15.9 Å². The summed E-state index contributed by atoms with van der Waals surface area (Å²) in [5.41, 5.74) is 1.52. The summed E-state index contributed by atoms with van der Waals surface area (Å²) in [6, 6.07) is 8.51. The molecule has 0 aliphatic carbocycles. The molecule has 0 radical (unpaired) electrons. The van der Waals surface area contributed by atoms with E-state index in [-0.39, 0.29) is 29.4 Å². The number of aryl methyl sites for hydroxylation is 2. The van der Waals surface area contributed by atoms with Gasteiger partial charge in [0.15, 0.2) is 5.78 Å². The fraction of sp³-hybridized carbons (Fsp3) is 0.455. The number of amides is 1. The van der Waals surface area contributed by atoms with Crippen molar-refractivity contribution >= 4 is 33.1 Å². The molecule has 3 rings (SSSR count). The van der Waals surface area contributed by atoms with Gasteiger partial charge in [-0.05, 0) is 50.5 Å². The highest BCUT2D eigenvalue weighted by molar-refractivity contribution is 7.89. The highest BCUT2D eigenvalue weighted by Crippen LogP contribution is 2.23. The number of hydrogen-bond acceptors (Lipinski definition) is 5. The first-order valence-corrected chi connectivity index (χ1v) is 12.5. The number of Topliss-reactive ketones (excluding diaryl/α,β-unsaturated/α-hetero) is 1. The molecule has 1 fully saturated rings. The predicted molar refractivity (Wildman–Crippen MR) is 118 cm³/mol. The number of thiophene rings is 1. The summed E-state index contributed by atoms with van der Waals surface area (Å²) in [4.78, 5) is 26.8. The minimum absolute atomic E-state index is 0.0146. The molecule has 0 atom stereocenters. The number of carbonyl (C=O) groups excluding carboxylic acids is 2. The van der Waals surface area contributed by atoms with Crippen LogP contribution in [0.4, 0.5) is 0 Å². The molecule has 0 saturated carbocycles. The highest BCUT2D eigenvalue weighted by Gasteiger charge is 2.25. The molecule has 1 saturated heterocycles. The Kier molecular flexibility index (Phi) is 7.44. The Balaban J connectivity index is 1.49. The van der Waals surface area contributed by atoms with Crippen molar-refractivity contribution in [2.24, 2.45) is 0 Å². The van der Waals surface area contributed by atoms with Crippen LogP contribution in [0.25, 0.3) is 0 Å². The fourth-order valence-electron chi connectivity index (χ4n) is 3.59. The van der Waals surface area contributed by atoms with Gasteiger partial charge >= 0.3 is 0 Å². The molecule has 1 aromatic heterocycles. The molecule has 1 aromatic carbocycles. The zero-order valence-corrected chi connectivity index (χ0v) is 19.1. The van der Waals surface area contributed by atoms with Crippen LogP contribution in [0.3, 0.4) is 0 Å². The minimum atomic E-state index is -3.45. The average Bonchev–Trinajstić information content (AvgIpc) is 3.09. The van der Waals surface area contributed by atoms with Crippen LogP contribution >= 0.6 is 11.3 Å². The van der Waals surface area contributed by atoms with Crippen LogP contribution in [0.2, 0.25) is 0 Å². The first-order chi connectivity index (χ1) is 14.3. The van der Waals surface area contributed by atoms with E-state index in [0.29, 0.717) is 25.2 Å². The summed E-state index contributed by atoms with van der Waals surface area (Å²) < 4.78 is 26.9. The first-order valence-electron chi connectivity index (χ1n) is 10.2. The van der Waals surface area contributed by atoms with Crippen molar-refractivity contribution in [3.8, 4) is 0 Å². The Morgan fingerprint density at radius 3 is 2.30 bits per heavy atom. The van der Waals surface area contributed by atoms with Crippen LogP contribution in [0.1, 0.15) is 57.8 Å². The molecule has 1 amide bonds. The van der Waals surface area contributed by atoms with Crippen molar-refractivity contribution in [1.29, 1.82) is 0 Å². The lowest BCUT2D eigenvalue weighted by Crippen LogP contribution is -2.35. The summed E-state index contributed by atoms with van der Waals surface area (Å²) in [6.45, 7) is 5.32. The minimum Gasteiger partial charge on any atom is -0.352 e. The quantitative estimate of drug-likeness (QED) is 0.622. The van der Waals surface area contributed by atoms with E-state index in [9.17, 15) is 18.0 Å². The van der Waals surface area contributed by atoms with Crippen molar-refractivity contribution in [2.75, 3.05) is 13.1 Å². The number of nitrogens with zero attached hydrogens (tertiary/aromatic N) is 1. The van der Waals surface area contributed by atoms with E-state index in [1.54, 1.807) is 39.9 Å². The van der Waals surface area contributed by atoms with Crippen LogP contribution < -0.4 is 5.32 Å². The smallest absolute Gasteiger partial charge is 0.243 e. The van der Waals surface area contributed by atoms with Crippen LogP contribution in [0, 0.1) is 13.8 Å². The van der Waals surface area contributed by atoms with E-state index >= 15 is 0 Å². The number of carbonyl (C=O) groups is 2. The van der Waals surface area contributed by atoms with Crippen LogP contribution in [0.5, 0.6) is 0 Å². The number of benzene rings is 1. The maximum Gasteiger partial charge on any atom is 0.243 e. The largest absolute Gasteiger partial charge is 0.352 e. The Morgan fingerprint density at radius 2 is 1.70 bits per heavy atom. The molecule has 30 heavy (non-hydrogen) atoms. The van der Waals surface area contributed by atoms with Crippen molar-refractivity contribution < 1.29 is 18.0 Å². The third-order valence-electron chi connectivity index (χ3n) is 5.29. The van der Waals surface area contributed by atoms with Gasteiger partial charge in [0.1, 0.15) is 0 Å². The summed E-state index contributed by atoms with van der Waals surface area (Å²) in [5.74, 6) is -0.211. The molecular formula is C22H28N2O4S2. The van der Waals surface area contributed by atoms with Gasteiger partial charge in [-0.25, -0.2) is 8.42 Å². The van der Waals surface area contributed by atoms with E-state index in [1.165, 1.54) is 0 Å². The van der Waals surface area contributed by atoms with Crippen LogP contribution in [-0.4, -0.2) is 37.5 Å². The maximum absolute atomic E-state index is 12.7. The molecule has 2 heterocycles. The normalized spacial score (nSPS) is 15.1. The van der Waals surface area contributed by atoms with Crippen molar-refractivity contribution in [2.45, 2.75) is 57.4 Å². The summed E-state index contributed by atoms with van der Waals surface area (Å²) >= 11 is 1.58. The molecule has 1 aliphatic heterocycles. The fourth-order valence-corrected chi connectivity index (χ4v) is 6.05. The Hall–Kier alpha value is -2.03. The zero-order chi connectivity index (χ0) is 21.7. The van der Waals surface area contributed by atoms with Crippen molar-refractivity contribution in [3.05, 3.63) is 51.2 Å². The number of rotatable bonds is 8. The summed E-state index contributed by atoms with van der Waals surface area (Å²) in [6.07, 6.45) is 3.18. The molecule has 1 aliphatic rings. The molecule has 162 valence electrons. The molecule has 8 heteroatoms. The monoisotopic (exact) mass is 448 g/mol. The molecular weight excluding hydrogens is 420 g/mol. The maximum atomic E-state index is 12.7. The topological polar surface area (TPSA) is 83.5 Å². The van der Waals surface area contributed by atoms with E-state index in [4.69, 9.17) is 0 Å². The first kappa shape index (κ1) is 22.7. The van der Waals surface area contributed by atoms with Gasteiger partial charge in [-0.2, -0.15) is 4.31 Å². The predicted octanol–water partition coefficient (Wildman–Crippen LogP) is 3.82. The highest BCUT2D eigenvalue weighted by atomic mass is 32.2. The summed E-state index contributed by atoms with van der Waals surface area (Å²) in [7, 11) is -3.45.